The number of aliphatic imine (C=N–C) groups is 1. The van der Waals surface area contributed by atoms with Gasteiger partial charge in [-0.1, -0.05) is 18.2 Å². The van der Waals surface area contributed by atoms with Crippen LogP contribution >= 0.6 is 11.3 Å². The molecule has 30 heavy (non-hydrogen) atoms. The summed E-state index contributed by atoms with van der Waals surface area (Å²) in [5.74, 6) is 1.04. The van der Waals surface area contributed by atoms with Gasteiger partial charge in [-0.15, -0.1) is 11.3 Å². The third kappa shape index (κ3) is 5.02. The molecule has 1 atom stereocenters. The van der Waals surface area contributed by atoms with Gasteiger partial charge in [-0.2, -0.15) is 0 Å². The van der Waals surface area contributed by atoms with Crippen LogP contribution in [0, 0.1) is 0 Å². The van der Waals surface area contributed by atoms with E-state index in [1.54, 1.807) is 0 Å². The second-order valence-corrected chi connectivity index (χ2v) is 8.88. The van der Waals surface area contributed by atoms with Crippen molar-refractivity contribution in [3.8, 4) is 0 Å². The zero-order chi connectivity index (χ0) is 20.8. The molecule has 1 aromatic carbocycles. The van der Waals surface area contributed by atoms with Crippen molar-refractivity contribution >= 4 is 28.9 Å². The fourth-order valence-electron chi connectivity index (χ4n) is 4.26. The Hall–Kier alpha value is -2.38. The number of nitrogens with zero attached hydrogens (tertiary/aromatic N) is 3. The van der Waals surface area contributed by atoms with Gasteiger partial charge in [0.2, 0.25) is 5.91 Å². The minimum Gasteiger partial charge on any atom is -0.354 e. The van der Waals surface area contributed by atoms with Crippen molar-refractivity contribution in [3.63, 3.8) is 0 Å². The van der Waals surface area contributed by atoms with Crippen molar-refractivity contribution in [1.29, 1.82) is 0 Å². The number of likely N-dealkylation sites (tertiary alicyclic amines) is 1. The largest absolute Gasteiger partial charge is 0.354 e. The van der Waals surface area contributed by atoms with Crippen molar-refractivity contribution in [1.82, 2.24) is 15.5 Å². The Morgan fingerprint density at radius 1 is 1.10 bits per heavy atom. The molecule has 2 N–H and O–H groups in total. The highest BCUT2D eigenvalue weighted by Gasteiger charge is 2.24. The summed E-state index contributed by atoms with van der Waals surface area (Å²) < 4.78 is 0. The molecule has 2 aliphatic rings. The molecule has 0 saturated carbocycles. The van der Waals surface area contributed by atoms with E-state index in [1.807, 2.05) is 35.4 Å². The third-order valence-electron chi connectivity index (χ3n) is 5.92. The highest BCUT2D eigenvalue weighted by atomic mass is 32.1. The van der Waals surface area contributed by atoms with Crippen LogP contribution in [0.25, 0.3) is 0 Å². The lowest BCUT2D eigenvalue weighted by molar-refractivity contribution is -0.117. The molecule has 2 aromatic rings. The van der Waals surface area contributed by atoms with Crippen molar-refractivity contribution < 1.29 is 4.79 Å². The van der Waals surface area contributed by atoms with Gasteiger partial charge in [-0.25, -0.2) is 0 Å². The van der Waals surface area contributed by atoms with E-state index in [2.05, 4.69) is 50.2 Å². The number of rotatable bonds is 7. The smallest absolute Gasteiger partial charge is 0.227 e. The van der Waals surface area contributed by atoms with Crippen LogP contribution in [0.15, 0.2) is 46.8 Å². The SMILES string of the molecule is CN=C(NCc1ccc(N2CCCC2=O)cc1)NCC(c1cccs1)N1CCCC1. The lowest BCUT2D eigenvalue weighted by Crippen LogP contribution is -2.42. The maximum Gasteiger partial charge on any atom is 0.227 e. The Labute approximate surface area is 183 Å². The normalized spacial score (nSPS) is 18.8. The van der Waals surface area contributed by atoms with Crippen LogP contribution in [-0.4, -0.2) is 50.0 Å². The number of hydrogen-bond acceptors (Lipinski definition) is 4. The number of amides is 1. The van der Waals surface area contributed by atoms with E-state index in [0.717, 1.165) is 31.2 Å². The summed E-state index contributed by atoms with van der Waals surface area (Å²) in [7, 11) is 1.81. The molecular formula is C23H31N5OS. The number of anilines is 1. The van der Waals surface area contributed by atoms with Crippen molar-refractivity contribution in [2.75, 3.05) is 38.1 Å². The summed E-state index contributed by atoms with van der Waals surface area (Å²) >= 11 is 1.83. The Balaban J connectivity index is 1.30. The minimum absolute atomic E-state index is 0.226. The van der Waals surface area contributed by atoms with Crippen molar-refractivity contribution in [3.05, 3.63) is 52.2 Å². The van der Waals surface area contributed by atoms with Crippen molar-refractivity contribution in [2.24, 2.45) is 4.99 Å². The highest BCUT2D eigenvalue weighted by molar-refractivity contribution is 7.10. The van der Waals surface area contributed by atoms with E-state index in [1.165, 1.54) is 36.4 Å². The molecule has 2 fully saturated rings. The Bertz CT molecular complexity index is 843. The molecule has 6 nitrogen and oxygen atoms in total. The quantitative estimate of drug-likeness (QED) is 0.527. The standard InChI is InChI=1S/C23H31N5OS/c1-24-23(26-17-20(21-6-5-15-30-21)27-12-2-3-13-27)25-16-18-8-10-19(11-9-18)28-14-4-7-22(28)29/h5-6,8-11,15,20H,2-4,7,12-14,16-17H2,1H3,(H2,24,25,26). The second-order valence-electron chi connectivity index (χ2n) is 7.90. The van der Waals surface area contributed by atoms with E-state index in [9.17, 15) is 4.79 Å². The lowest BCUT2D eigenvalue weighted by Gasteiger charge is -2.27. The molecular weight excluding hydrogens is 394 g/mol. The molecule has 7 heteroatoms. The molecule has 0 bridgehead atoms. The highest BCUT2D eigenvalue weighted by Crippen LogP contribution is 2.27. The molecule has 0 spiro atoms. The number of guanidine groups is 1. The third-order valence-corrected chi connectivity index (χ3v) is 6.89. The topological polar surface area (TPSA) is 60.0 Å². The molecule has 1 amide bonds. The van der Waals surface area contributed by atoms with Gasteiger partial charge in [0.1, 0.15) is 0 Å². The van der Waals surface area contributed by atoms with Gasteiger partial charge in [-0.05, 0) is 61.5 Å². The summed E-state index contributed by atoms with van der Waals surface area (Å²) in [4.78, 5) is 22.2. The predicted octanol–water partition coefficient (Wildman–Crippen LogP) is 3.38. The molecule has 1 unspecified atom stereocenters. The maximum atomic E-state index is 11.9. The fraction of sp³-hybridized carbons (Fsp3) is 0.478. The molecule has 2 aliphatic heterocycles. The summed E-state index contributed by atoms with van der Waals surface area (Å²) in [5.41, 5.74) is 2.16. The van der Waals surface area contributed by atoms with E-state index in [4.69, 9.17) is 0 Å². The first kappa shape index (κ1) is 20.9. The average Bonchev–Trinajstić information content (AvgIpc) is 3.54. The van der Waals surface area contributed by atoms with Crippen LogP contribution < -0.4 is 15.5 Å². The Morgan fingerprint density at radius 3 is 2.53 bits per heavy atom. The van der Waals surface area contributed by atoms with Crippen LogP contribution in [0.1, 0.15) is 42.2 Å². The zero-order valence-corrected chi connectivity index (χ0v) is 18.5. The van der Waals surface area contributed by atoms with Crippen LogP contribution in [0.2, 0.25) is 0 Å². The van der Waals surface area contributed by atoms with Gasteiger partial charge in [0.05, 0.1) is 6.04 Å². The van der Waals surface area contributed by atoms with Gasteiger partial charge in [0.15, 0.2) is 5.96 Å². The number of thiophene rings is 1. The van der Waals surface area contributed by atoms with Gasteiger partial charge in [-0.3, -0.25) is 14.7 Å². The monoisotopic (exact) mass is 425 g/mol. The number of benzene rings is 1. The summed E-state index contributed by atoms with van der Waals surface area (Å²) in [6.07, 6.45) is 4.19. The second kappa shape index (κ2) is 10.1. The molecule has 3 heterocycles. The molecule has 2 saturated heterocycles. The molecule has 4 rings (SSSR count). The van der Waals surface area contributed by atoms with Crippen molar-refractivity contribution in [2.45, 2.75) is 38.3 Å². The predicted molar refractivity (Wildman–Crippen MR) is 124 cm³/mol. The fourth-order valence-corrected chi connectivity index (χ4v) is 5.12. The Kier molecular flexibility index (Phi) is 7.02. The minimum atomic E-state index is 0.226. The van der Waals surface area contributed by atoms with E-state index in [0.29, 0.717) is 19.0 Å². The van der Waals surface area contributed by atoms with E-state index in [-0.39, 0.29) is 5.91 Å². The summed E-state index contributed by atoms with van der Waals surface area (Å²) in [5, 5.41) is 9.09. The lowest BCUT2D eigenvalue weighted by atomic mass is 10.2. The van der Waals surface area contributed by atoms with Crippen LogP contribution in [-0.2, 0) is 11.3 Å². The zero-order valence-electron chi connectivity index (χ0n) is 17.6. The summed E-state index contributed by atoms with van der Waals surface area (Å²) in [6, 6.07) is 13.0. The number of nitrogens with one attached hydrogen (secondary N) is 2. The first-order chi connectivity index (χ1) is 14.7. The molecule has 0 radical (unpaired) electrons. The molecule has 0 aliphatic carbocycles. The van der Waals surface area contributed by atoms with E-state index >= 15 is 0 Å². The van der Waals surface area contributed by atoms with Gasteiger partial charge in [0.25, 0.3) is 0 Å². The van der Waals surface area contributed by atoms with Crippen LogP contribution in [0.4, 0.5) is 5.69 Å². The number of hydrogen-bond donors (Lipinski definition) is 2. The maximum absolute atomic E-state index is 11.9. The summed E-state index contributed by atoms with van der Waals surface area (Å²) in [6.45, 7) is 4.71. The van der Waals surface area contributed by atoms with E-state index < -0.39 is 0 Å². The number of carbonyl (C=O) groups excluding carboxylic acids is 1. The van der Waals surface area contributed by atoms with Gasteiger partial charge in [0, 0.05) is 43.7 Å². The van der Waals surface area contributed by atoms with Crippen LogP contribution in [0.5, 0.6) is 0 Å². The first-order valence-electron chi connectivity index (χ1n) is 10.9. The average molecular weight is 426 g/mol. The van der Waals surface area contributed by atoms with Gasteiger partial charge < -0.3 is 15.5 Å². The number of carbonyl (C=O) groups is 1. The van der Waals surface area contributed by atoms with Gasteiger partial charge >= 0.3 is 0 Å². The first-order valence-corrected chi connectivity index (χ1v) is 11.7. The van der Waals surface area contributed by atoms with Crippen LogP contribution in [0.3, 0.4) is 0 Å². The Morgan fingerprint density at radius 2 is 1.90 bits per heavy atom. The molecule has 1 aromatic heterocycles. The molecule has 160 valence electrons.